The summed E-state index contributed by atoms with van der Waals surface area (Å²) in [5.74, 6) is -2.26. The number of nitrogens with one attached hydrogen (secondary N) is 2. The van der Waals surface area contributed by atoms with Crippen LogP contribution < -0.4 is 67.1 Å². The van der Waals surface area contributed by atoms with Crippen molar-refractivity contribution in [2.45, 2.75) is 79.8 Å². The summed E-state index contributed by atoms with van der Waals surface area (Å²) in [6, 6.07) is -1.59. The molecule has 0 aliphatic heterocycles. The maximum absolute atomic E-state index is 11.3. The van der Waals surface area contributed by atoms with E-state index in [2.05, 4.69) is 10.6 Å². The number of carboxylic acid groups (broad SMARTS) is 1. The number of allylic oxidation sites excluding steroid dienone is 4. The average Bonchev–Trinajstić information content (AvgIpc) is 2.63. The van der Waals surface area contributed by atoms with Crippen LogP contribution in [0.15, 0.2) is 23.5 Å². The maximum Gasteiger partial charge on any atom is 1.00 e. The number of carbonyl (C=O) groups is 6. The van der Waals surface area contributed by atoms with Crippen LogP contribution in [0.3, 0.4) is 0 Å². The maximum atomic E-state index is 11.3. The van der Waals surface area contributed by atoms with Crippen molar-refractivity contribution in [2.75, 3.05) is 6.61 Å². The predicted octanol–water partition coefficient (Wildman–Crippen LogP) is -2.46. The monoisotopic (exact) mass is 506 g/mol. The first-order valence-electron chi connectivity index (χ1n) is 10.5. The molecule has 0 heterocycles. The fourth-order valence-electron chi connectivity index (χ4n) is 2.52. The van der Waals surface area contributed by atoms with E-state index in [4.69, 9.17) is 4.74 Å². The Bertz CT molecular complexity index is 790. The molecule has 0 fully saturated rings. The number of hydrogen-bond donors (Lipinski definition) is 2. The second kappa shape index (κ2) is 20.7. The zero-order valence-electron chi connectivity index (χ0n) is 21.4. The largest absolute Gasteiger partial charge is 1.00 e. The summed E-state index contributed by atoms with van der Waals surface area (Å²) in [7, 11) is 0. The first kappa shape index (κ1) is 36.9. The third-order valence-corrected chi connectivity index (χ3v) is 3.88. The van der Waals surface area contributed by atoms with E-state index in [1.807, 2.05) is 0 Å². The minimum absolute atomic E-state index is 0. The Morgan fingerprint density at radius 3 is 1.59 bits per heavy atom. The van der Waals surface area contributed by atoms with Crippen LogP contribution in [0.2, 0.25) is 0 Å². The summed E-state index contributed by atoms with van der Waals surface area (Å²) < 4.78 is 4.77. The quantitative estimate of drug-likeness (QED) is 0.147. The van der Waals surface area contributed by atoms with Gasteiger partial charge in [0.1, 0.15) is 5.78 Å². The minimum atomic E-state index is -1.28. The second-order valence-corrected chi connectivity index (χ2v) is 7.45. The zero-order chi connectivity index (χ0) is 26.1. The van der Waals surface area contributed by atoms with Crippen LogP contribution in [0.5, 0.6) is 0 Å². The van der Waals surface area contributed by atoms with Crippen molar-refractivity contribution in [1.29, 1.82) is 0 Å². The van der Waals surface area contributed by atoms with Crippen LogP contribution in [0, 0.1) is 0 Å². The van der Waals surface area contributed by atoms with Gasteiger partial charge < -0.3 is 30.1 Å². The van der Waals surface area contributed by atoms with E-state index < -0.39 is 24.0 Å². The number of ketones is 4. The van der Waals surface area contributed by atoms with Gasteiger partial charge >= 0.3 is 57.4 Å². The zero-order valence-corrected chi connectivity index (χ0v) is 24.5. The molecule has 0 unspecified atom stereocenters. The number of esters is 1. The Morgan fingerprint density at radius 1 is 0.824 bits per heavy atom. The van der Waals surface area contributed by atoms with Crippen molar-refractivity contribution in [3.63, 3.8) is 0 Å². The number of hydrogen-bond acceptors (Lipinski definition) is 10. The first-order chi connectivity index (χ1) is 15.2. The molecule has 34 heavy (non-hydrogen) atoms. The Balaban J connectivity index is -0.000000550. The number of ether oxygens (including phenoxy) is 1. The van der Waals surface area contributed by atoms with E-state index in [1.165, 1.54) is 39.8 Å². The summed E-state index contributed by atoms with van der Waals surface area (Å²) in [6.07, 6.45) is 2.96. The van der Waals surface area contributed by atoms with Gasteiger partial charge in [0.15, 0.2) is 17.3 Å². The molecule has 0 aromatic carbocycles. The second-order valence-electron chi connectivity index (χ2n) is 7.45. The smallest absolute Gasteiger partial charge is 0.548 e. The number of carboxylic acids is 1. The van der Waals surface area contributed by atoms with Gasteiger partial charge in [0, 0.05) is 17.8 Å². The molecule has 186 valence electrons. The summed E-state index contributed by atoms with van der Waals surface area (Å²) in [5, 5.41) is 16.2. The fourth-order valence-corrected chi connectivity index (χ4v) is 2.52. The molecule has 0 saturated carbocycles. The molecule has 0 amide bonds. The van der Waals surface area contributed by atoms with E-state index in [9.17, 15) is 33.9 Å². The molecular weight excluding hydrogens is 471 g/mol. The Labute approximate surface area is 243 Å². The normalized spacial score (nSPS) is 12.6. The first-order valence-corrected chi connectivity index (χ1v) is 10.5. The fraction of sp³-hybridized carbons (Fsp3) is 0.565. The van der Waals surface area contributed by atoms with Gasteiger partial charge in [0.25, 0.3) is 0 Å². The van der Waals surface area contributed by atoms with Crippen molar-refractivity contribution in [3.05, 3.63) is 23.5 Å². The van der Waals surface area contributed by atoms with Gasteiger partial charge in [-0.2, -0.15) is 0 Å². The molecular formula is C23H35KN2O8. The van der Waals surface area contributed by atoms with Gasteiger partial charge in [-0.15, -0.1) is 0 Å². The van der Waals surface area contributed by atoms with Crippen LogP contribution in [0.25, 0.3) is 0 Å². The van der Waals surface area contributed by atoms with Crippen molar-refractivity contribution in [1.82, 2.24) is 10.6 Å². The number of Topliss-reactive ketones (excluding diaryl/α,β-unsaturated/α-hetero) is 2. The molecule has 2 atom stereocenters. The van der Waals surface area contributed by atoms with E-state index >= 15 is 0 Å². The number of carbonyl (C=O) groups excluding carboxylic acids is 6. The molecule has 0 aromatic rings. The molecule has 0 aromatic heterocycles. The molecule has 11 heteroatoms. The summed E-state index contributed by atoms with van der Waals surface area (Å²) >= 11 is 0. The minimum Gasteiger partial charge on any atom is -0.548 e. The van der Waals surface area contributed by atoms with Crippen molar-refractivity contribution in [3.8, 4) is 0 Å². The summed E-state index contributed by atoms with van der Waals surface area (Å²) in [4.78, 5) is 65.6. The van der Waals surface area contributed by atoms with Gasteiger partial charge in [-0.05, 0) is 67.0 Å². The Kier molecular flexibility index (Phi) is 22.4. The van der Waals surface area contributed by atoms with Crippen LogP contribution >= 0.6 is 0 Å². The van der Waals surface area contributed by atoms with E-state index in [0.29, 0.717) is 11.4 Å². The van der Waals surface area contributed by atoms with Gasteiger partial charge in [-0.3, -0.25) is 19.2 Å². The van der Waals surface area contributed by atoms with Gasteiger partial charge in [0.05, 0.1) is 31.1 Å². The van der Waals surface area contributed by atoms with Crippen LogP contribution in [0.4, 0.5) is 0 Å². The summed E-state index contributed by atoms with van der Waals surface area (Å²) in [5.41, 5.74) is 1.01. The SMILES string of the molecule is CC(=O)/C=C(\C)N[C@@H](CCC(C)=O)C(=O)[O-].CCOC(=O)C[C@H](N/C(C)=C/C(C)=O)C(C)=O.[K+]. The Hall–Kier alpha value is -1.66. The van der Waals surface area contributed by atoms with Crippen LogP contribution in [-0.4, -0.2) is 53.8 Å². The van der Waals surface area contributed by atoms with Gasteiger partial charge in [-0.1, -0.05) is 0 Å². The van der Waals surface area contributed by atoms with Crippen molar-refractivity contribution >= 4 is 35.1 Å². The molecule has 0 spiro atoms. The molecule has 2 N–H and O–H groups in total. The predicted molar refractivity (Wildman–Crippen MR) is 120 cm³/mol. The topological polar surface area (TPSA) is 159 Å². The third-order valence-electron chi connectivity index (χ3n) is 3.88. The Morgan fingerprint density at radius 2 is 1.26 bits per heavy atom. The molecule has 0 aliphatic carbocycles. The molecule has 0 aliphatic rings. The molecule has 0 saturated heterocycles. The van der Waals surface area contributed by atoms with Crippen LogP contribution in [0.1, 0.15) is 67.7 Å². The molecule has 10 nitrogen and oxygen atoms in total. The number of aliphatic carboxylic acids is 1. The van der Waals surface area contributed by atoms with Gasteiger partial charge in [0.2, 0.25) is 0 Å². The van der Waals surface area contributed by atoms with E-state index in [0.717, 1.165) is 0 Å². The van der Waals surface area contributed by atoms with Crippen molar-refractivity contribution in [2.24, 2.45) is 0 Å². The number of rotatable bonds is 14. The molecule has 0 rings (SSSR count). The van der Waals surface area contributed by atoms with Gasteiger partial charge in [-0.25, -0.2) is 0 Å². The third kappa shape index (κ3) is 22.1. The summed E-state index contributed by atoms with van der Waals surface area (Å²) in [6.45, 7) is 10.8. The standard InChI is InChI=1S/C12H19NO4.C11H17NO4.K/c1-5-17-12(16)7-11(10(4)15)13-8(2)6-9(3)14;1-7(6-9(3)14)12-10(11(15)16)5-4-8(2)13;/h6,11,13H,5,7H2,1-4H3;6,10,12H,4-5H2,1-3H3,(H,15,16);/q;;+1/p-1/b8-6+;7-6+;/t11-;10-;/m00./s1. The molecule has 0 radical (unpaired) electrons. The molecule has 0 bridgehead atoms. The average molecular weight is 507 g/mol. The van der Waals surface area contributed by atoms with E-state index in [-0.39, 0.29) is 100 Å². The van der Waals surface area contributed by atoms with E-state index in [1.54, 1.807) is 20.8 Å². The van der Waals surface area contributed by atoms with Crippen LogP contribution in [-0.2, 0) is 33.5 Å². The van der Waals surface area contributed by atoms with Crippen molar-refractivity contribution < 1.29 is 90.0 Å².